The summed E-state index contributed by atoms with van der Waals surface area (Å²) in [4.78, 5) is 13.6. The molecule has 1 fully saturated rings. The number of ether oxygens (including phenoxy) is 1. The van der Waals surface area contributed by atoms with Crippen LogP contribution < -0.4 is 0 Å². The van der Waals surface area contributed by atoms with Crippen molar-refractivity contribution in [2.75, 3.05) is 6.54 Å². The van der Waals surface area contributed by atoms with Gasteiger partial charge in [0.25, 0.3) is 0 Å². The zero-order valence-corrected chi connectivity index (χ0v) is 10.7. The Kier molecular flexibility index (Phi) is 4.19. The van der Waals surface area contributed by atoms with E-state index >= 15 is 0 Å². The molecule has 0 aromatic heterocycles. The standard InChI is InChI=1S/C15H16N2O2/c1-12-9-14(7-8-16)17(10-12)15(18)19-11-13-5-3-2-4-6-13/h2-6,14H,1,7,9-11H2/t14-/m1/s1. The lowest BCUT2D eigenvalue weighted by molar-refractivity contribution is 0.0932. The first-order valence-corrected chi connectivity index (χ1v) is 6.21. The third-order valence-corrected chi connectivity index (χ3v) is 3.13. The van der Waals surface area contributed by atoms with Crippen LogP contribution in [0.2, 0.25) is 0 Å². The molecule has 0 saturated carbocycles. The van der Waals surface area contributed by atoms with E-state index in [2.05, 4.69) is 12.6 Å². The SMILES string of the molecule is C=C1C[C@@H](CC#N)N(C(=O)OCc2ccccc2)C1. The van der Waals surface area contributed by atoms with Crippen LogP contribution in [0.3, 0.4) is 0 Å². The number of hydrogen-bond donors (Lipinski definition) is 0. The highest BCUT2D eigenvalue weighted by Gasteiger charge is 2.31. The van der Waals surface area contributed by atoms with Gasteiger partial charge in [-0.1, -0.05) is 42.5 Å². The highest BCUT2D eigenvalue weighted by Crippen LogP contribution is 2.24. The molecule has 1 atom stereocenters. The number of likely N-dealkylation sites (tertiary alicyclic amines) is 1. The van der Waals surface area contributed by atoms with Crippen LogP contribution in [0.4, 0.5) is 4.79 Å². The Hall–Kier alpha value is -2.28. The third-order valence-electron chi connectivity index (χ3n) is 3.13. The number of nitriles is 1. The van der Waals surface area contributed by atoms with Gasteiger partial charge in [0.05, 0.1) is 18.5 Å². The van der Waals surface area contributed by atoms with E-state index in [0.29, 0.717) is 19.4 Å². The predicted octanol–water partition coefficient (Wildman–Crippen LogP) is 2.87. The first-order chi connectivity index (χ1) is 9.20. The van der Waals surface area contributed by atoms with Gasteiger partial charge in [0.15, 0.2) is 0 Å². The van der Waals surface area contributed by atoms with Crippen molar-refractivity contribution in [2.24, 2.45) is 0 Å². The largest absolute Gasteiger partial charge is 0.445 e. The van der Waals surface area contributed by atoms with Gasteiger partial charge in [-0.15, -0.1) is 0 Å². The van der Waals surface area contributed by atoms with Crippen LogP contribution in [0, 0.1) is 11.3 Å². The monoisotopic (exact) mass is 256 g/mol. The summed E-state index contributed by atoms with van der Waals surface area (Å²) in [6, 6.07) is 11.5. The molecule has 0 N–H and O–H groups in total. The number of rotatable bonds is 3. The van der Waals surface area contributed by atoms with Crippen LogP contribution >= 0.6 is 0 Å². The zero-order chi connectivity index (χ0) is 13.7. The van der Waals surface area contributed by atoms with E-state index in [4.69, 9.17) is 10.00 Å². The fraction of sp³-hybridized carbons (Fsp3) is 0.333. The molecule has 19 heavy (non-hydrogen) atoms. The van der Waals surface area contributed by atoms with Gasteiger partial charge in [-0.2, -0.15) is 5.26 Å². The molecule has 1 amide bonds. The maximum Gasteiger partial charge on any atom is 0.410 e. The second-order valence-electron chi connectivity index (χ2n) is 4.64. The average Bonchev–Trinajstić information content (AvgIpc) is 2.79. The molecule has 98 valence electrons. The van der Waals surface area contributed by atoms with Gasteiger partial charge < -0.3 is 4.74 Å². The number of benzene rings is 1. The number of nitrogens with zero attached hydrogens (tertiary/aromatic N) is 2. The second kappa shape index (κ2) is 6.05. The third kappa shape index (κ3) is 3.35. The lowest BCUT2D eigenvalue weighted by Gasteiger charge is -2.21. The zero-order valence-electron chi connectivity index (χ0n) is 10.7. The molecule has 0 spiro atoms. The van der Waals surface area contributed by atoms with Gasteiger partial charge in [-0.3, -0.25) is 4.90 Å². The number of carbonyl (C=O) groups excluding carboxylic acids is 1. The summed E-state index contributed by atoms with van der Waals surface area (Å²) >= 11 is 0. The first kappa shape index (κ1) is 13.2. The Bertz CT molecular complexity index is 505. The molecule has 1 aromatic carbocycles. The van der Waals surface area contributed by atoms with Crippen molar-refractivity contribution in [1.29, 1.82) is 5.26 Å². The summed E-state index contributed by atoms with van der Waals surface area (Å²) in [6.45, 7) is 4.62. The van der Waals surface area contributed by atoms with Gasteiger partial charge in [0, 0.05) is 6.54 Å². The van der Waals surface area contributed by atoms with Crippen molar-refractivity contribution in [3.8, 4) is 6.07 Å². The lowest BCUT2D eigenvalue weighted by Crippen LogP contribution is -2.35. The molecule has 4 heteroatoms. The van der Waals surface area contributed by atoms with E-state index < -0.39 is 0 Å². The van der Waals surface area contributed by atoms with Crippen molar-refractivity contribution >= 4 is 6.09 Å². The quantitative estimate of drug-likeness (QED) is 0.781. The molecule has 1 aliphatic rings. The molecule has 0 radical (unpaired) electrons. The van der Waals surface area contributed by atoms with Crippen molar-refractivity contribution in [3.05, 3.63) is 48.0 Å². The normalized spacial score (nSPS) is 18.2. The summed E-state index contributed by atoms with van der Waals surface area (Å²) in [6.07, 6.45) is 0.635. The minimum absolute atomic E-state index is 0.0965. The topological polar surface area (TPSA) is 53.3 Å². The molecule has 0 unspecified atom stereocenters. The minimum Gasteiger partial charge on any atom is -0.445 e. The molecular weight excluding hydrogens is 240 g/mol. The van der Waals surface area contributed by atoms with E-state index in [1.165, 1.54) is 0 Å². The Labute approximate surface area is 112 Å². The summed E-state index contributed by atoms with van der Waals surface area (Å²) in [7, 11) is 0. The molecule has 0 bridgehead atoms. The van der Waals surface area contributed by atoms with Gasteiger partial charge in [-0.05, 0) is 12.0 Å². The minimum atomic E-state index is -0.372. The Morgan fingerprint density at radius 2 is 2.21 bits per heavy atom. The van der Waals surface area contributed by atoms with Crippen LogP contribution in [-0.2, 0) is 11.3 Å². The number of hydrogen-bond acceptors (Lipinski definition) is 3. The van der Waals surface area contributed by atoms with Crippen LogP contribution in [0.5, 0.6) is 0 Å². The summed E-state index contributed by atoms with van der Waals surface area (Å²) < 4.78 is 5.27. The number of amides is 1. The van der Waals surface area contributed by atoms with Crippen molar-refractivity contribution in [1.82, 2.24) is 4.90 Å². The van der Waals surface area contributed by atoms with E-state index in [9.17, 15) is 4.79 Å². The highest BCUT2D eigenvalue weighted by molar-refractivity contribution is 5.69. The van der Waals surface area contributed by atoms with E-state index in [-0.39, 0.29) is 18.7 Å². The fourth-order valence-electron chi connectivity index (χ4n) is 2.18. The molecule has 1 aromatic rings. The van der Waals surface area contributed by atoms with Gasteiger partial charge in [0.2, 0.25) is 0 Å². The summed E-state index contributed by atoms with van der Waals surface area (Å²) in [5.41, 5.74) is 1.92. The molecule has 4 nitrogen and oxygen atoms in total. The van der Waals surface area contributed by atoms with Crippen molar-refractivity contribution in [2.45, 2.75) is 25.5 Å². The second-order valence-corrected chi connectivity index (χ2v) is 4.64. The fourth-order valence-corrected chi connectivity index (χ4v) is 2.18. The molecule has 0 aliphatic carbocycles. The van der Waals surface area contributed by atoms with Gasteiger partial charge >= 0.3 is 6.09 Å². The van der Waals surface area contributed by atoms with Gasteiger partial charge in [0.1, 0.15) is 6.61 Å². The number of carbonyl (C=O) groups is 1. The molecule has 1 saturated heterocycles. The van der Waals surface area contributed by atoms with E-state index in [1.54, 1.807) is 4.90 Å². The van der Waals surface area contributed by atoms with Crippen molar-refractivity contribution < 1.29 is 9.53 Å². The molecular formula is C15H16N2O2. The molecule has 1 aliphatic heterocycles. The smallest absolute Gasteiger partial charge is 0.410 e. The maximum absolute atomic E-state index is 12.0. The van der Waals surface area contributed by atoms with Crippen LogP contribution in [0.25, 0.3) is 0 Å². The Balaban J connectivity index is 1.92. The van der Waals surface area contributed by atoms with Crippen LogP contribution in [0.1, 0.15) is 18.4 Å². The van der Waals surface area contributed by atoms with E-state index in [0.717, 1.165) is 11.1 Å². The molecule has 1 heterocycles. The summed E-state index contributed by atoms with van der Waals surface area (Å²) in [5, 5.41) is 8.76. The van der Waals surface area contributed by atoms with E-state index in [1.807, 2.05) is 30.3 Å². The predicted molar refractivity (Wildman–Crippen MR) is 71.1 cm³/mol. The van der Waals surface area contributed by atoms with Crippen LogP contribution in [0.15, 0.2) is 42.5 Å². The molecule has 2 rings (SSSR count). The Morgan fingerprint density at radius 1 is 1.47 bits per heavy atom. The van der Waals surface area contributed by atoms with Gasteiger partial charge in [-0.25, -0.2) is 4.79 Å². The highest BCUT2D eigenvalue weighted by atomic mass is 16.6. The lowest BCUT2D eigenvalue weighted by atomic mass is 10.1. The summed E-state index contributed by atoms with van der Waals surface area (Å²) in [5.74, 6) is 0. The van der Waals surface area contributed by atoms with Crippen LogP contribution in [-0.4, -0.2) is 23.6 Å². The first-order valence-electron chi connectivity index (χ1n) is 6.21. The van der Waals surface area contributed by atoms with Crippen molar-refractivity contribution in [3.63, 3.8) is 0 Å². The Morgan fingerprint density at radius 3 is 2.89 bits per heavy atom. The maximum atomic E-state index is 12.0. The average molecular weight is 256 g/mol.